The van der Waals surface area contributed by atoms with Crippen molar-refractivity contribution in [3.63, 3.8) is 0 Å². The highest BCUT2D eigenvalue weighted by Gasteiger charge is 2.28. The van der Waals surface area contributed by atoms with Crippen molar-refractivity contribution in [2.75, 3.05) is 5.32 Å². The van der Waals surface area contributed by atoms with Crippen molar-refractivity contribution >= 4 is 29.2 Å². The van der Waals surface area contributed by atoms with Gasteiger partial charge >= 0.3 is 5.97 Å². The smallest absolute Gasteiger partial charge is 0.339 e. The number of carbonyl (C=O) groups is 2. The Hall–Kier alpha value is -1.59. The summed E-state index contributed by atoms with van der Waals surface area (Å²) in [5.41, 5.74) is 5.91. The predicted octanol–water partition coefficient (Wildman–Crippen LogP) is 2.10. The van der Waals surface area contributed by atoms with E-state index >= 15 is 0 Å². The Morgan fingerprint density at radius 2 is 2.11 bits per heavy atom. The van der Waals surface area contributed by atoms with Gasteiger partial charge in [-0.3, -0.25) is 4.79 Å². The largest absolute Gasteiger partial charge is 0.478 e. The highest BCUT2D eigenvalue weighted by molar-refractivity contribution is 6.34. The van der Waals surface area contributed by atoms with E-state index < -0.39 is 5.97 Å². The van der Waals surface area contributed by atoms with Crippen molar-refractivity contribution in [3.05, 3.63) is 28.8 Å². The van der Waals surface area contributed by atoms with Crippen LogP contribution in [0, 0.1) is 5.92 Å². The van der Waals surface area contributed by atoms with Gasteiger partial charge in [0.1, 0.15) is 5.56 Å². The van der Waals surface area contributed by atoms with Gasteiger partial charge in [0.25, 0.3) is 0 Å². The van der Waals surface area contributed by atoms with Crippen LogP contribution in [0.25, 0.3) is 0 Å². The molecule has 6 heteroatoms. The minimum absolute atomic E-state index is 0.0501. The first-order chi connectivity index (χ1) is 8.99. The third kappa shape index (κ3) is 3.05. The zero-order chi connectivity index (χ0) is 14.0. The van der Waals surface area contributed by atoms with Gasteiger partial charge in [0.2, 0.25) is 5.91 Å². The molecule has 0 aromatic heterocycles. The van der Waals surface area contributed by atoms with Gasteiger partial charge in [0, 0.05) is 12.0 Å². The van der Waals surface area contributed by atoms with Crippen molar-refractivity contribution in [2.24, 2.45) is 11.7 Å². The highest BCUT2D eigenvalue weighted by atomic mass is 35.5. The van der Waals surface area contributed by atoms with Crippen LogP contribution in [-0.2, 0) is 4.79 Å². The number of carboxylic acid groups (broad SMARTS) is 1. The maximum atomic E-state index is 12.0. The van der Waals surface area contributed by atoms with Crippen LogP contribution in [0.1, 0.15) is 29.6 Å². The maximum Gasteiger partial charge on any atom is 0.339 e. The molecule has 0 saturated heterocycles. The molecule has 1 aliphatic rings. The van der Waals surface area contributed by atoms with Crippen molar-refractivity contribution < 1.29 is 14.7 Å². The summed E-state index contributed by atoms with van der Waals surface area (Å²) in [7, 11) is 0. The molecule has 5 nitrogen and oxygen atoms in total. The van der Waals surface area contributed by atoms with Gasteiger partial charge in [0.15, 0.2) is 0 Å². The molecule has 0 bridgehead atoms. The van der Waals surface area contributed by atoms with Gasteiger partial charge in [0.05, 0.1) is 10.7 Å². The van der Waals surface area contributed by atoms with E-state index in [1.807, 2.05) is 0 Å². The molecule has 4 N–H and O–H groups in total. The molecule has 102 valence electrons. The molecule has 0 spiro atoms. The van der Waals surface area contributed by atoms with Gasteiger partial charge in [-0.05, 0) is 31.4 Å². The Kier molecular flexibility index (Phi) is 4.07. The summed E-state index contributed by atoms with van der Waals surface area (Å²) >= 11 is 5.84. The molecule has 1 aliphatic carbocycles. The molecule has 0 radical (unpaired) electrons. The summed E-state index contributed by atoms with van der Waals surface area (Å²) in [6, 6.07) is 4.66. The van der Waals surface area contributed by atoms with E-state index in [4.69, 9.17) is 22.4 Å². The second-order valence-corrected chi connectivity index (χ2v) is 5.13. The number of rotatable bonds is 3. The minimum Gasteiger partial charge on any atom is -0.478 e. The molecule has 0 heterocycles. The molecular weight excluding hydrogens is 268 g/mol. The number of benzene rings is 1. The Morgan fingerprint density at radius 1 is 1.37 bits per heavy atom. The third-order valence-corrected chi connectivity index (χ3v) is 3.64. The monoisotopic (exact) mass is 282 g/mol. The lowest BCUT2D eigenvalue weighted by Gasteiger charge is -2.13. The predicted molar refractivity (Wildman–Crippen MR) is 72.4 cm³/mol. The SMILES string of the molecule is NC1CCC(C(=O)Nc2cccc(Cl)c2C(=O)O)C1. The molecule has 2 unspecified atom stereocenters. The lowest BCUT2D eigenvalue weighted by atomic mass is 10.1. The fraction of sp³-hybridized carbons (Fsp3) is 0.385. The molecule has 19 heavy (non-hydrogen) atoms. The molecule has 1 aromatic carbocycles. The quantitative estimate of drug-likeness (QED) is 0.791. The average molecular weight is 283 g/mol. The lowest BCUT2D eigenvalue weighted by molar-refractivity contribution is -0.119. The van der Waals surface area contributed by atoms with E-state index in [-0.39, 0.29) is 34.1 Å². The van der Waals surface area contributed by atoms with Crippen LogP contribution < -0.4 is 11.1 Å². The van der Waals surface area contributed by atoms with E-state index in [1.165, 1.54) is 12.1 Å². The number of amides is 1. The third-order valence-electron chi connectivity index (χ3n) is 3.33. The average Bonchev–Trinajstić information content (AvgIpc) is 2.75. The number of hydrogen-bond donors (Lipinski definition) is 3. The molecule has 1 saturated carbocycles. The molecule has 0 aliphatic heterocycles. The first-order valence-corrected chi connectivity index (χ1v) is 6.45. The number of aromatic carboxylic acids is 1. The van der Waals surface area contributed by atoms with Crippen molar-refractivity contribution in [1.29, 1.82) is 0 Å². The van der Waals surface area contributed by atoms with Crippen molar-refractivity contribution in [1.82, 2.24) is 0 Å². The Labute approximate surface area is 115 Å². The van der Waals surface area contributed by atoms with Gasteiger partial charge in [-0.2, -0.15) is 0 Å². The fourth-order valence-corrected chi connectivity index (χ4v) is 2.59. The summed E-state index contributed by atoms with van der Waals surface area (Å²) in [5, 5.41) is 11.9. The number of nitrogens with one attached hydrogen (secondary N) is 1. The fourth-order valence-electron chi connectivity index (χ4n) is 2.34. The second-order valence-electron chi connectivity index (χ2n) is 4.73. The van der Waals surface area contributed by atoms with Gasteiger partial charge < -0.3 is 16.2 Å². The molecule has 1 aromatic rings. The molecular formula is C13H15ClN2O3. The molecule has 1 fully saturated rings. The number of anilines is 1. The van der Waals surface area contributed by atoms with E-state index in [9.17, 15) is 9.59 Å². The van der Waals surface area contributed by atoms with E-state index in [2.05, 4.69) is 5.32 Å². The summed E-state index contributed by atoms with van der Waals surface area (Å²) in [6.07, 6.45) is 2.18. The summed E-state index contributed by atoms with van der Waals surface area (Å²) in [4.78, 5) is 23.2. The molecule has 1 amide bonds. The van der Waals surface area contributed by atoms with E-state index in [0.717, 1.165) is 12.8 Å². The normalized spacial score (nSPS) is 22.2. The summed E-state index contributed by atoms with van der Waals surface area (Å²) in [5.74, 6) is -1.52. The molecule has 2 rings (SSSR count). The number of nitrogens with two attached hydrogens (primary N) is 1. The van der Waals surface area contributed by atoms with Crippen LogP contribution in [0.3, 0.4) is 0 Å². The van der Waals surface area contributed by atoms with Gasteiger partial charge in [-0.1, -0.05) is 17.7 Å². The standard InChI is InChI=1S/C13H15ClN2O3/c14-9-2-1-3-10(11(9)13(18)19)16-12(17)7-4-5-8(15)6-7/h1-3,7-8H,4-6,15H2,(H,16,17)(H,18,19). The molecule has 2 atom stereocenters. The first-order valence-electron chi connectivity index (χ1n) is 6.07. The highest BCUT2D eigenvalue weighted by Crippen LogP contribution is 2.28. The maximum absolute atomic E-state index is 12.0. The van der Waals surface area contributed by atoms with Crippen LogP contribution in [-0.4, -0.2) is 23.0 Å². The Bertz CT molecular complexity index is 519. The number of carbonyl (C=O) groups excluding carboxylic acids is 1. The summed E-state index contributed by atoms with van der Waals surface area (Å²) in [6.45, 7) is 0. The van der Waals surface area contributed by atoms with Crippen molar-refractivity contribution in [2.45, 2.75) is 25.3 Å². The van der Waals surface area contributed by atoms with Crippen LogP contribution in [0.2, 0.25) is 5.02 Å². The minimum atomic E-state index is -1.16. The van der Waals surface area contributed by atoms with Crippen LogP contribution in [0.4, 0.5) is 5.69 Å². The van der Waals surface area contributed by atoms with Gasteiger partial charge in [-0.25, -0.2) is 4.79 Å². The topological polar surface area (TPSA) is 92.4 Å². The first kappa shape index (κ1) is 13.8. The zero-order valence-corrected chi connectivity index (χ0v) is 11.0. The number of carboxylic acids is 1. The van der Waals surface area contributed by atoms with Crippen LogP contribution >= 0.6 is 11.6 Å². The number of halogens is 1. The second kappa shape index (κ2) is 5.59. The van der Waals surface area contributed by atoms with Crippen LogP contribution in [0.5, 0.6) is 0 Å². The van der Waals surface area contributed by atoms with Crippen molar-refractivity contribution in [3.8, 4) is 0 Å². The lowest BCUT2D eigenvalue weighted by Crippen LogP contribution is -2.24. The number of hydrogen-bond acceptors (Lipinski definition) is 3. The van der Waals surface area contributed by atoms with Gasteiger partial charge in [-0.15, -0.1) is 0 Å². The van der Waals surface area contributed by atoms with E-state index in [1.54, 1.807) is 6.07 Å². The Morgan fingerprint density at radius 3 is 2.68 bits per heavy atom. The zero-order valence-electron chi connectivity index (χ0n) is 10.2. The summed E-state index contributed by atoms with van der Waals surface area (Å²) < 4.78 is 0. The Balaban J connectivity index is 2.17. The van der Waals surface area contributed by atoms with E-state index in [0.29, 0.717) is 6.42 Å². The van der Waals surface area contributed by atoms with Crippen LogP contribution in [0.15, 0.2) is 18.2 Å².